The minimum atomic E-state index is -0.511. The van der Waals surface area contributed by atoms with Gasteiger partial charge in [0.1, 0.15) is 5.75 Å². The number of nitrogens with zero attached hydrogens (tertiary/aromatic N) is 2. The maximum Gasteiger partial charge on any atom is 0.330 e. The van der Waals surface area contributed by atoms with Gasteiger partial charge in [0.15, 0.2) is 0 Å². The van der Waals surface area contributed by atoms with E-state index in [1.807, 2.05) is 0 Å². The molecule has 2 rings (SSSR count). The van der Waals surface area contributed by atoms with Crippen LogP contribution in [0, 0.1) is 6.92 Å². The molecule has 5 nitrogen and oxygen atoms in total. The van der Waals surface area contributed by atoms with Crippen LogP contribution in [0.3, 0.4) is 0 Å². The Hall–Kier alpha value is -1.75. The van der Waals surface area contributed by atoms with Crippen molar-refractivity contribution in [3.8, 4) is 5.75 Å². The lowest BCUT2D eigenvalue weighted by atomic mass is 10.1. The van der Waals surface area contributed by atoms with Gasteiger partial charge in [-0.1, -0.05) is 11.6 Å². The van der Waals surface area contributed by atoms with Gasteiger partial charge in [-0.2, -0.15) is 0 Å². The van der Waals surface area contributed by atoms with E-state index in [0.717, 1.165) is 4.57 Å². The summed E-state index contributed by atoms with van der Waals surface area (Å²) in [6.45, 7) is 1.66. The third-order valence-corrected chi connectivity index (χ3v) is 3.23. The molecule has 0 aliphatic heterocycles. The number of hydrogen-bond acceptors (Lipinski definition) is 3. The average molecular weight is 255 g/mol. The summed E-state index contributed by atoms with van der Waals surface area (Å²) in [7, 11) is 2.92. The molecule has 0 saturated carbocycles. The van der Waals surface area contributed by atoms with E-state index < -0.39 is 11.2 Å². The van der Waals surface area contributed by atoms with E-state index in [0.29, 0.717) is 11.1 Å². The molecule has 1 aromatic carbocycles. The van der Waals surface area contributed by atoms with Gasteiger partial charge in [0.25, 0.3) is 5.56 Å². The highest BCUT2D eigenvalue weighted by Crippen LogP contribution is 2.32. The smallest absolute Gasteiger partial charge is 0.330 e. The summed E-state index contributed by atoms with van der Waals surface area (Å²) >= 11 is 5.95. The predicted molar refractivity (Wildman–Crippen MR) is 65.8 cm³/mol. The predicted octanol–water partition coefficient (Wildman–Crippen LogP) is 0.905. The van der Waals surface area contributed by atoms with E-state index in [1.165, 1.54) is 11.6 Å². The molecule has 0 bridgehead atoms. The van der Waals surface area contributed by atoms with Gasteiger partial charge in [-0.25, -0.2) is 4.79 Å². The number of aromatic nitrogens is 2. The molecule has 17 heavy (non-hydrogen) atoms. The second-order valence-electron chi connectivity index (χ2n) is 3.96. The van der Waals surface area contributed by atoms with Crippen LogP contribution in [-0.2, 0) is 14.1 Å². The zero-order chi connectivity index (χ0) is 12.9. The average Bonchev–Trinajstić information content (AvgIpc) is 2.30. The lowest BCUT2D eigenvalue weighted by molar-refractivity contribution is 0.472. The van der Waals surface area contributed by atoms with Crippen LogP contribution >= 0.6 is 11.6 Å². The number of hydrogen-bond donors (Lipinski definition) is 1. The van der Waals surface area contributed by atoms with Crippen LogP contribution in [-0.4, -0.2) is 14.2 Å². The van der Waals surface area contributed by atoms with Crippen LogP contribution in [0.2, 0.25) is 5.02 Å². The van der Waals surface area contributed by atoms with E-state index in [9.17, 15) is 14.7 Å². The summed E-state index contributed by atoms with van der Waals surface area (Å²) in [6.07, 6.45) is 0. The van der Waals surface area contributed by atoms with Crippen molar-refractivity contribution in [1.29, 1.82) is 0 Å². The van der Waals surface area contributed by atoms with Gasteiger partial charge in [0, 0.05) is 14.1 Å². The third-order valence-electron chi connectivity index (χ3n) is 2.86. The Bertz CT molecular complexity index is 743. The molecule has 1 aromatic heterocycles. The Balaban J connectivity index is 3.24. The van der Waals surface area contributed by atoms with Crippen molar-refractivity contribution in [2.75, 3.05) is 0 Å². The van der Waals surface area contributed by atoms with E-state index in [1.54, 1.807) is 20.0 Å². The Morgan fingerprint density at radius 1 is 1.24 bits per heavy atom. The maximum atomic E-state index is 11.9. The third kappa shape index (κ3) is 1.46. The second-order valence-corrected chi connectivity index (χ2v) is 4.33. The molecular weight excluding hydrogens is 244 g/mol. The largest absolute Gasteiger partial charge is 0.506 e. The molecule has 1 heterocycles. The first-order valence-electron chi connectivity index (χ1n) is 4.94. The highest BCUT2D eigenvalue weighted by molar-refractivity contribution is 6.36. The molecule has 0 radical (unpaired) electrons. The summed E-state index contributed by atoms with van der Waals surface area (Å²) in [4.78, 5) is 23.7. The minimum Gasteiger partial charge on any atom is -0.506 e. The molecule has 0 aliphatic rings. The monoisotopic (exact) mass is 254 g/mol. The SMILES string of the molecule is Cc1cc2c(c(Cl)c1O)c(=O)n(C)c(=O)n2C. The fourth-order valence-electron chi connectivity index (χ4n) is 1.80. The molecule has 0 atom stereocenters. The van der Waals surface area contributed by atoms with Crippen molar-refractivity contribution < 1.29 is 5.11 Å². The summed E-state index contributed by atoms with van der Waals surface area (Å²) in [5.74, 6) is -0.130. The second kappa shape index (κ2) is 3.63. The number of benzene rings is 1. The molecule has 6 heteroatoms. The lowest BCUT2D eigenvalue weighted by Crippen LogP contribution is -2.37. The molecule has 0 saturated heterocycles. The van der Waals surface area contributed by atoms with E-state index in [4.69, 9.17) is 11.6 Å². The summed E-state index contributed by atoms with van der Waals surface area (Å²) in [5.41, 5.74) is -0.00351. The summed E-state index contributed by atoms with van der Waals surface area (Å²) in [6, 6.07) is 1.57. The van der Waals surface area contributed by atoms with Crippen LogP contribution in [0.5, 0.6) is 5.75 Å². The van der Waals surface area contributed by atoms with E-state index in [2.05, 4.69) is 0 Å². The Labute approximate surface area is 101 Å². The quantitative estimate of drug-likeness (QED) is 0.760. The number of fused-ring (bicyclic) bond motifs is 1. The number of rotatable bonds is 0. The van der Waals surface area contributed by atoms with Crippen LogP contribution in [0.1, 0.15) is 5.56 Å². The van der Waals surface area contributed by atoms with Gasteiger partial charge >= 0.3 is 5.69 Å². The topological polar surface area (TPSA) is 64.2 Å². The molecule has 0 aliphatic carbocycles. The number of aromatic hydroxyl groups is 1. The first kappa shape index (κ1) is 11.7. The zero-order valence-corrected chi connectivity index (χ0v) is 10.4. The molecule has 90 valence electrons. The van der Waals surface area contributed by atoms with Gasteiger partial charge in [0.2, 0.25) is 0 Å². The van der Waals surface area contributed by atoms with Crippen molar-refractivity contribution in [3.63, 3.8) is 0 Å². The Kier molecular flexibility index (Phi) is 2.50. The molecular formula is C11H11ClN2O3. The van der Waals surface area contributed by atoms with Gasteiger partial charge in [-0.05, 0) is 18.6 Å². The Morgan fingerprint density at radius 3 is 2.41 bits per heavy atom. The first-order chi connectivity index (χ1) is 7.86. The molecule has 2 aromatic rings. The summed E-state index contributed by atoms with van der Waals surface area (Å²) in [5, 5.41) is 9.85. The van der Waals surface area contributed by atoms with Crippen molar-refractivity contribution in [3.05, 3.63) is 37.5 Å². The van der Waals surface area contributed by atoms with Crippen LogP contribution in [0.15, 0.2) is 15.7 Å². The lowest BCUT2D eigenvalue weighted by Gasteiger charge is -2.11. The maximum absolute atomic E-state index is 11.9. The van der Waals surface area contributed by atoms with Crippen molar-refractivity contribution in [2.45, 2.75) is 6.92 Å². The van der Waals surface area contributed by atoms with Crippen LogP contribution in [0.25, 0.3) is 10.9 Å². The van der Waals surface area contributed by atoms with Crippen molar-refractivity contribution in [1.82, 2.24) is 9.13 Å². The molecule has 0 spiro atoms. The minimum absolute atomic E-state index is 0.0174. The normalized spacial score (nSPS) is 11.1. The molecule has 0 unspecified atom stereocenters. The van der Waals surface area contributed by atoms with Gasteiger partial charge in [0.05, 0.1) is 15.9 Å². The standard InChI is InChI=1S/C11H11ClN2O3/c1-5-4-6-7(8(12)9(5)15)10(16)14(3)11(17)13(6)2/h4,15H,1-3H3. The van der Waals surface area contributed by atoms with Crippen LogP contribution in [0.4, 0.5) is 0 Å². The molecule has 0 amide bonds. The van der Waals surface area contributed by atoms with Gasteiger partial charge in [-0.3, -0.25) is 13.9 Å². The van der Waals surface area contributed by atoms with E-state index >= 15 is 0 Å². The number of halogens is 1. The Morgan fingerprint density at radius 2 is 1.82 bits per heavy atom. The number of aryl methyl sites for hydroxylation is 2. The fourth-order valence-corrected chi connectivity index (χ4v) is 2.13. The van der Waals surface area contributed by atoms with Gasteiger partial charge < -0.3 is 5.11 Å². The highest BCUT2D eigenvalue weighted by Gasteiger charge is 2.16. The fraction of sp³-hybridized carbons (Fsp3) is 0.273. The highest BCUT2D eigenvalue weighted by atomic mass is 35.5. The van der Waals surface area contributed by atoms with Gasteiger partial charge in [-0.15, -0.1) is 0 Å². The summed E-state index contributed by atoms with van der Waals surface area (Å²) < 4.78 is 2.29. The van der Waals surface area contributed by atoms with Crippen molar-refractivity contribution >= 4 is 22.5 Å². The number of phenols is 1. The van der Waals surface area contributed by atoms with E-state index in [-0.39, 0.29) is 16.2 Å². The van der Waals surface area contributed by atoms with Crippen LogP contribution < -0.4 is 11.2 Å². The first-order valence-corrected chi connectivity index (χ1v) is 5.32. The molecule has 0 fully saturated rings. The molecule has 1 N–H and O–H groups in total. The van der Waals surface area contributed by atoms with Crippen molar-refractivity contribution in [2.24, 2.45) is 14.1 Å². The number of phenolic OH excluding ortho intramolecular Hbond substituents is 1. The zero-order valence-electron chi connectivity index (χ0n) is 9.61.